The van der Waals surface area contributed by atoms with Gasteiger partial charge >= 0.3 is 12.0 Å². The molecule has 8 heteroatoms. The highest BCUT2D eigenvalue weighted by atomic mass is 79.9. The van der Waals surface area contributed by atoms with Crippen LogP contribution in [-0.4, -0.2) is 24.2 Å². The molecule has 0 radical (unpaired) electrons. The van der Waals surface area contributed by atoms with Gasteiger partial charge in [-0.05, 0) is 46.1 Å². The standard InChI is InChI=1S/C20H19BrN2O5/c1-11-16(19(25)28-10-12-6-4-3-5-7-12)17(23-20(26)22-11)13-8-14(21)18(24)15(9-13)27-2/h3-9,17,24H,10H2,1-2H3,(H2,22,23,26). The van der Waals surface area contributed by atoms with Crippen LogP contribution in [0, 0.1) is 0 Å². The van der Waals surface area contributed by atoms with Gasteiger partial charge in [0.15, 0.2) is 11.5 Å². The molecule has 2 aromatic carbocycles. The number of phenols is 1. The highest BCUT2D eigenvalue weighted by Gasteiger charge is 2.33. The molecule has 146 valence electrons. The number of amides is 2. The molecular weight excluding hydrogens is 428 g/mol. The van der Waals surface area contributed by atoms with Crippen LogP contribution < -0.4 is 15.4 Å². The Balaban J connectivity index is 1.93. The molecule has 0 aliphatic carbocycles. The number of nitrogens with one attached hydrogen (secondary N) is 2. The van der Waals surface area contributed by atoms with Crippen molar-refractivity contribution in [3.63, 3.8) is 0 Å². The Hall–Kier alpha value is -3.00. The van der Waals surface area contributed by atoms with Crippen LogP contribution in [0.2, 0.25) is 0 Å². The summed E-state index contributed by atoms with van der Waals surface area (Å²) in [7, 11) is 1.42. The van der Waals surface area contributed by atoms with E-state index in [0.29, 0.717) is 15.7 Å². The number of hydrogen-bond acceptors (Lipinski definition) is 5. The third kappa shape index (κ3) is 4.12. The predicted octanol–water partition coefficient (Wildman–Crippen LogP) is 3.53. The summed E-state index contributed by atoms with van der Waals surface area (Å²) in [6.07, 6.45) is 0. The lowest BCUT2D eigenvalue weighted by Crippen LogP contribution is -2.45. The predicted molar refractivity (Wildman–Crippen MR) is 106 cm³/mol. The summed E-state index contributed by atoms with van der Waals surface area (Å²) in [5.74, 6) is -0.408. The fraction of sp³-hybridized carbons (Fsp3) is 0.200. The second kappa shape index (κ2) is 8.35. The number of carbonyl (C=O) groups is 2. The van der Waals surface area contributed by atoms with Crippen LogP contribution in [0.25, 0.3) is 0 Å². The zero-order valence-corrected chi connectivity index (χ0v) is 16.9. The lowest BCUT2D eigenvalue weighted by molar-refractivity contribution is -0.140. The van der Waals surface area contributed by atoms with Crippen molar-refractivity contribution in [3.05, 3.63) is 69.3 Å². The van der Waals surface area contributed by atoms with Gasteiger partial charge in [-0.2, -0.15) is 0 Å². The molecule has 3 rings (SSSR count). The third-order valence-electron chi connectivity index (χ3n) is 4.31. The number of esters is 1. The minimum atomic E-state index is -0.761. The van der Waals surface area contributed by atoms with E-state index in [2.05, 4.69) is 26.6 Å². The Labute approximate surface area is 170 Å². The molecule has 0 bridgehead atoms. The van der Waals surface area contributed by atoms with E-state index >= 15 is 0 Å². The first-order valence-corrected chi connectivity index (χ1v) is 9.25. The average Bonchev–Trinajstić information content (AvgIpc) is 2.68. The van der Waals surface area contributed by atoms with Crippen molar-refractivity contribution in [3.8, 4) is 11.5 Å². The SMILES string of the molecule is COc1cc(C2NC(=O)NC(C)=C2C(=O)OCc2ccccc2)cc(Br)c1O. The topological polar surface area (TPSA) is 96.9 Å². The lowest BCUT2D eigenvalue weighted by atomic mass is 9.95. The number of halogens is 1. The fourth-order valence-corrected chi connectivity index (χ4v) is 3.39. The number of benzene rings is 2. The Morgan fingerprint density at radius 1 is 1.25 bits per heavy atom. The van der Waals surface area contributed by atoms with E-state index in [1.165, 1.54) is 7.11 Å². The molecule has 2 aromatic rings. The number of methoxy groups -OCH3 is 1. The molecule has 0 fully saturated rings. The van der Waals surface area contributed by atoms with Crippen molar-refractivity contribution in [1.82, 2.24) is 10.6 Å². The largest absolute Gasteiger partial charge is 0.503 e. The molecule has 1 aliphatic heterocycles. The molecule has 1 atom stereocenters. The summed E-state index contributed by atoms with van der Waals surface area (Å²) in [5, 5.41) is 15.4. The minimum absolute atomic E-state index is 0.0691. The lowest BCUT2D eigenvalue weighted by Gasteiger charge is -2.28. The van der Waals surface area contributed by atoms with Gasteiger partial charge in [-0.1, -0.05) is 30.3 Å². The zero-order valence-electron chi connectivity index (χ0n) is 15.3. The molecule has 0 spiro atoms. The third-order valence-corrected chi connectivity index (χ3v) is 4.91. The normalized spacial score (nSPS) is 16.2. The Kier molecular flexibility index (Phi) is 5.89. The molecule has 2 amide bonds. The summed E-state index contributed by atoms with van der Waals surface area (Å²) in [5.41, 5.74) is 2.08. The van der Waals surface area contributed by atoms with Crippen LogP contribution in [0.4, 0.5) is 4.79 Å². The first-order chi connectivity index (χ1) is 13.4. The van der Waals surface area contributed by atoms with Gasteiger partial charge in [0.05, 0.1) is 23.2 Å². The van der Waals surface area contributed by atoms with Crippen molar-refractivity contribution in [1.29, 1.82) is 0 Å². The molecule has 1 aliphatic rings. The van der Waals surface area contributed by atoms with E-state index in [9.17, 15) is 14.7 Å². The zero-order chi connectivity index (χ0) is 20.3. The van der Waals surface area contributed by atoms with Gasteiger partial charge in [0.1, 0.15) is 6.61 Å². The van der Waals surface area contributed by atoms with Gasteiger partial charge in [0, 0.05) is 5.70 Å². The van der Waals surface area contributed by atoms with Crippen LogP contribution in [0.3, 0.4) is 0 Å². The van der Waals surface area contributed by atoms with Crippen molar-refractivity contribution in [2.24, 2.45) is 0 Å². The van der Waals surface area contributed by atoms with Crippen molar-refractivity contribution >= 4 is 27.9 Å². The van der Waals surface area contributed by atoms with Crippen molar-refractivity contribution in [2.75, 3.05) is 7.11 Å². The van der Waals surface area contributed by atoms with E-state index in [4.69, 9.17) is 9.47 Å². The number of aromatic hydroxyl groups is 1. The second-order valence-corrected chi connectivity index (χ2v) is 7.04. The van der Waals surface area contributed by atoms with Crippen LogP contribution in [0.1, 0.15) is 24.1 Å². The maximum absolute atomic E-state index is 12.8. The molecule has 7 nitrogen and oxygen atoms in total. The van der Waals surface area contributed by atoms with E-state index in [1.54, 1.807) is 19.1 Å². The summed E-state index contributed by atoms with van der Waals surface area (Å²) in [6, 6.07) is 11.3. The minimum Gasteiger partial charge on any atom is -0.503 e. The van der Waals surface area contributed by atoms with Crippen molar-refractivity contribution < 1.29 is 24.2 Å². The van der Waals surface area contributed by atoms with Gasteiger partial charge < -0.3 is 25.2 Å². The summed E-state index contributed by atoms with van der Waals surface area (Å²) in [6.45, 7) is 1.75. The number of carbonyl (C=O) groups excluding carboxylic acids is 2. The number of urea groups is 1. The molecule has 0 saturated carbocycles. The smallest absolute Gasteiger partial charge is 0.338 e. The van der Waals surface area contributed by atoms with Gasteiger partial charge in [-0.3, -0.25) is 0 Å². The Morgan fingerprint density at radius 2 is 1.96 bits per heavy atom. The van der Waals surface area contributed by atoms with Crippen LogP contribution in [-0.2, 0) is 16.1 Å². The van der Waals surface area contributed by atoms with Crippen LogP contribution in [0.5, 0.6) is 11.5 Å². The molecule has 1 unspecified atom stereocenters. The van der Waals surface area contributed by atoms with E-state index < -0.39 is 18.0 Å². The first-order valence-electron chi connectivity index (χ1n) is 8.46. The quantitative estimate of drug-likeness (QED) is 0.610. The molecule has 1 heterocycles. The second-order valence-electron chi connectivity index (χ2n) is 6.19. The van der Waals surface area contributed by atoms with Crippen LogP contribution in [0.15, 0.2) is 58.2 Å². The highest BCUT2D eigenvalue weighted by molar-refractivity contribution is 9.10. The summed E-state index contributed by atoms with van der Waals surface area (Å²) < 4.78 is 11.0. The van der Waals surface area contributed by atoms with Gasteiger partial charge in [-0.25, -0.2) is 9.59 Å². The highest BCUT2D eigenvalue weighted by Crippen LogP contribution is 2.39. The number of phenolic OH excluding ortho intramolecular Hbond substituents is 1. The van der Waals surface area contributed by atoms with Gasteiger partial charge in [0.25, 0.3) is 0 Å². The molecule has 0 saturated heterocycles. The number of rotatable bonds is 5. The molecule has 3 N–H and O–H groups in total. The van der Waals surface area contributed by atoms with Gasteiger partial charge in [-0.15, -0.1) is 0 Å². The maximum atomic E-state index is 12.8. The molecular formula is C20H19BrN2O5. The Bertz CT molecular complexity index is 943. The maximum Gasteiger partial charge on any atom is 0.338 e. The number of ether oxygens (including phenoxy) is 2. The number of allylic oxidation sites excluding steroid dienone is 1. The van der Waals surface area contributed by atoms with E-state index in [0.717, 1.165) is 5.56 Å². The van der Waals surface area contributed by atoms with Gasteiger partial charge in [0.2, 0.25) is 0 Å². The summed E-state index contributed by atoms with van der Waals surface area (Å²) >= 11 is 3.26. The first kappa shape index (κ1) is 19.8. The van der Waals surface area contributed by atoms with Crippen molar-refractivity contribution in [2.45, 2.75) is 19.6 Å². The summed E-state index contributed by atoms with van der Waals surface area (Å²) in [4.78, 5) is 24.8. The fourth-order valence-electron chi connectivity index (χ4n) is 2.93. The Morgan fingerprint density at radius 3 is 2.64 bits per heavy atom. The van der Waals surface area contributed by atoms with E-state index in [-0.39, 0.29) is 23.7 Å². The molecule has 0 aromatic heterocycles. The monoisotopic (exact) mass is 446 g/mol. The van der Waals surface area contributed by atoms with E-state index in [1.807, 2.05) is 30.3 Å². The number of hydrogen-bond donors (Lipinski definition) is 3. The molecule has 28 heavy (non-hydrogen) atoms. The van der Waals surface area contributed by atoms with Crippen LogP contribution >= 0.6 is 15.9 Å². The average molecular weight is 447 g/mol.